The van der Waals surface area contributed by atoms with Crippen molar-refractivity contribution in [1.82, 2.24) is 9.80 Å². The van der Waals surface area contributed by atoms with E-state index in [9.17, 15) is 14.0 Å². The van der Waals surface area contributed by atoms with Gasteiger partial charge in [0.1, 0.15) is 17.3 Å². The molecule has 0 aliphatic carbocycles. The Hall–Kier alpha value is -3.42. The first kappa shape index (κ1) is 22.4. The fraction of sp³-hybridized carbons (Fsp3) is 0.231. The van der Waals surface area contributed by atoms with Gasteiger partial charge in [0.2, 0.25) is 0 Å². The lowest BCUT2D eigenvalue weighted by Crippen LogP contribution is -2.34. The molecule has 0 spiro atoms. The molecule has 0 unspecified atom stereocenters. The minimum Gasteiger partial charge on any atom is -0.457 e. The Morgan fingerprint density at radius 2 is 1.91 bits per heavy atom. The Labute approximate surface area is 201 Å². The molecule has 3 aromatic rings. The number of carbonyl (C=O) groups is 2. The van der Waals surface area contributed by atoms with E-state index in [1.54, 1.807) is 53.4 Å². The molecule has 1 N–H and O–H groups in total. The third kappa shape index (κ3) is 4.36. The number of nitrogens with one attached hydrogen (secondary N) is 1. The summed E-state index contributed by atoms with van der Waals surface area (Å²) >= 11 is 6.08. The van der Waals surface area contributed by atoms with Crippen molar-refractivity contribution in [1.29, 1.82) is 0 Å². The lowest BCUT2D eigenvalue weighted by molar-refractivity contribution is -0.110. The summed E-state index contributed by atoms with van der Waals surface area (Å²) in [5.41, 5.74) is 2.34. The summed E-state index contributed by atoms with van der Waals surface area (Å²) in [6.07, 6.45) is 2.50. The lowest BCUT2D eigenvalue weighted by atomic mass is 10.1. The second kappa shape index (κ2) is 9.08. The van der Waals surface area contributed by atoms with Gasteiger partial charge in [-0.3, -0.25) is 9.59 Å². The molecule has 6 nitrogen and oxygen atoms in total. The van der Waals surface area contributed by atoms with Crippen LogP contribution in [0.1, 0.15) is 28.1 Å². The van der Waals surface area contributed by atoms with Gasteiger partial charge in [-0.05, 0) is 74.6 Å². The molecule has 3 heterocycles. The van der Waals surface area contributed by atoms with Gasteiger partial charge >= 0.3 is 0 Å². The van der Waals surface area contributed by atoms with Crippen molar-refractivity contribution in [2.45, 2.75) is 6.42 Å². The number of carbonyl (C=O) groups excluding carboxylic acids is 2. The number of rotatable bonds is 3. The molecule has 2 aliphatic heterocycles. The standard InChI is InChI=1S/C26H23ClFN3O3/c1-30-9-2-10-31(12-11-30)26(33)16-3-6-19(22(28)13-16)24-8-5-18(34-24)15-21-20-14-17(27)4-7-23(20)29-25(21)32/h3-8,13-15H,2,9-12H2,1H3,(H,29,32)/b21-15+. The first-order valence-corrected chi connectivity index (χ1v) is 11.5. The van der Waals surface area contributed by atoms with Crippen molar-refractivity contribution in [2.75, 3.05) is 38.5 Å². The summed E-state index contributed by atoms with van der Waals surface area (Å²) in [6, 6.07) is 12.9. The molecule has 5 rings (SSSR count). The largest absolute Gasteiger partial charge is 0.457 e. The summed E-state index contributed by atoms with van der Waals surface area (Å²) in [5, 5.41) is 3.31. The molecule has 0 atom stereocenters. The van der Waals surface area contributed by atoms with Crippen LogP contribution in [0.25, 0.3) is 23.0 Å². The predicted octanol–water partition coefficient (Wildman–Crippen LogP) is 5.01. The van der Waals surface area contributed by atoms with Crippen LogP contribution in [0.3, 0.4) is 0 Å². The number of furan rings is 1. The molecule has 174 valence electrons. The molecule has 2 aromatic carbocycles. The van der Waals surface area contributed by atoms with Crippen LogP contribution in [0.5, 0.6) is 0 Å². The zero-order valence-electron chi connectivity index (χ0n) is 18.6. The monoisotopic (exact) mass is 479 g/mol. The van der Waals surface area contributed by atoms with Crippen LogP contribution in [-0.2, 0) is 4.79 Å². The summed E-state index contributed by atoms with van der Waals surface area (Å²) < 4.78 is 20.8. The fourth-order valence-electron chi connectivity index (χ4n) is 4.30. The fourth-order valence-corrected chi connectivity index (χ4v) is 4.47. The van der Waals surface area contributed by atoms with E-state index in [1.807, 2.05) is 7.05 Å². The van der Waals surface area contributed by atoms with Gasteiger partial charge in [0.15, 0.2) is 0 Å². The molecule has 2 aliphatic rings. The van der Waals surface area contributed by atoms with Crippen molar-refractivity contribution in [3.63, 3.8) is 0 Å². The van der Waals surface area contributed by atoms with E-state index in [1.165, 1.54) is 6.07 Å². The smallest absolute Gasteiger partial charge is 0.256 e. The lowest BCUT2D eigenvalue weighted by Gasteiger charge is -2.20. The van der Waals surface area contributed by atoms with Gasteiger partial charge in [-0.15, -0.1) is 0 Å². The van der Waals surface area contributed by atoms with Crippen LogP contribution in [0.4, 0.5) is 10.1 Å². The number of benzene rings is 2. The maximum Gasteiger partial charge on any atom is 0.256 e. The quantitative estimate of drug-likeness (QED) is 0.536. The highest BCUT2D eigenvalue weighted by molar-refractivity contribution is 6.36. The van der Waals surface area contributed by atoms with Gasteiger partial charge in [-0.25, -0.2) is 4.39 Å². The zero-order valence-corrected chi connectivity index (χ0v) is 19.4. The number of likely N-dealkylation sites (N-methyl/N-ethyl adjacent to an activating group) is 1. The molecule has 34 heavy (non-hydrogen) atoms. The first-order chi connectivity index (χ1) is 16.4. The average molecular weight is 480 g/mol. The topological polar surface area (TPSA) is 65.8 Å². The molecule has 8 heteroatoms. The van der Waals surface area contributed by atoms with Crippen LogP contribution >= 0.6 is 11.6 Å². The van der Waals surface area contributed by atoms with E-state index in [2.05, 4.69) is 10.2 Å². The number of halogens is 2. The summed E-state index contributed by atoms with van der Waals surface area (Å²) in [6.45, 7) is 3.02. The van der Waals surface area contributed by atoms with E-state index < -0.39 is 5.82 Å². The van der Waals surface area contributed by atoms with E-state index in [-0.39, 0.29) is 17.4 Å². The predicted molar refractivity (Wildman–Crippen MR) is 130 cm³/mol. The molecule has 1 fully saturated rings. The van der Waals surface area contributed by atoms with E-state index >= 15 is 0 Å². The Morgan fingerprint density at radius 3 is 2.74 bits per heavy atom. The summed E-state index contributed by atoms with van der Waals surface area (Å²) in [4.78, 5) is 29.2. The average Bonchev–Trinajstić information content (AvgIpc) is 3.32. The van der Waals surface area contributed by atoms with Crippen LogP contribution < -0.4 is 5.32 Å². The Balaban J connectivity index is 1.38. The maximum absolute atomic E-state index is 15.0. The number of hydrogen-bond acceptors (Lipinski definition) is 4. The van der Waals surface area contributed by atoms with Crippen LogP contribution in [-0.4, -0.2) is 54.8 Å². The third-order valence-electron chi connectivity index (χ3n) is 6.17. The maximum atomic E-state index is 15.0. The summed E-state index contributed by atoms with van der Waals surface area (Å²) in [5.74, 6) is -0.257. The van der Waals surface area contributed by atoms with Gasteiger partial charge in [-0.2, -0.15) is 0 Å². The van der Waals surface area contributed by atoms with Crippen LogP contribution in [0.2, 0.25) is 5.02 Å². The third-order valence-corrected chi connectivity index (χ3v) is 6.40. The van der Waals surface area contributed by atoms with Crippen molar-refractivity contribution in [2.24, 2.45) is 0 Å². The Kier molecular flexibility index (Phi) is 5.98. The van der Waals surface area contributed by atoms with Crippen molar-refractivity contribution in [3.8, 4) is 11.3 Å². The molecule has 1 aromatic heterocycles. The van der Waals surface area contributed by atoms with Crippen LogP contribution in [0.15, 0.2) is 52.9 Å². The second-order valence-electron chi connectivity index (χ2n) is 8.55. The van der Waals surface area contributed by atoms with Gasteiger partial charge in [0, 0.05) is 41.5 Å². The van der Waals surface area contributed by atoms with E-state index in [4.69, 9.17) is 16.0 Å². The molecular weight excluding hydrogens is 457 g/mol. The highest BCUT2D eigenvalue weighted by Crippen LogP contribution is 2.36. The highest BCUT2D eigenvalue weighted by Gasteiger charge is 2.25. The number of anilines is 1. The number of fused-ring (bicyclic) bond motifs is 1. The van der Waals surface area contributed by atoms with E-state index in [0.29, 0.717) is 52.0 Å². The number of amides is 2. The molecule has 0 saturated carbocycles. The minimum absolute atomic E-state index is 0.171. The van der Waals surface area contributed by atoms with Crippen molar-refractivity contribution >= 4 is 40.8 Å². The molecule has 1 saturated heterocycles. The second-order valence-corrected chi connectivity index (χ2v) is 8.98. The van der Waals surface area contributed by atoms with Gasteiger partial charge in [0.25, 0.3) is 11.8 Å². The number of nitrogens with zero attached hydrogens (tertiary/aromatic N) is 2. The molecule has 0 bridgehead atoms. The Morgan fingerprint density at radius 1 is 1.06 bits per heavy atom. The van der Waals surface area contributed by atoms with Gasteiger partial charge < -0.3 is 19.5 Å². The Bertz CT molecular complexity index is 1320. The normalized spacial score (nSPS) is 17.6. The minimum atomic E-state index is -0.540. The van der Waals surface area contributed by atoms with Gasteiger partial charge in [0.05, 0.1) is 11.1 Å². The number of hydrogen-bond donors (Lipinski definition) is 1. The van der Waals surface area contributed by atoms with Crippen molar-refractivity contribution < 1.29 is 18.4 Å². The first-order valence-electron chi connectivity index (χ1n) is 11.1. The highest BCUT2D eigenvalue weighted by atomic mass is 35.5. The summed E-state index contributed by atoms with van der Waals surface area (Å²) in [7, 11) is 2.03. The SMILES string of the molecule is CN1CCCN(C(=O)c2ccc(-c3ccc(/C=C4/C(=O)Nc5ccc(Cl)cc54)o3)c(F)c2)CC1. The molecular formula is C26H23ClFN3O3. The van der Waals surface area contributed by atoms with Crippen LogP contribution in [0, 0.1) is 5.82 Å². The van der Waals surface area contributed by atoms with E-state index in [0.717, 1.165) is 19.5 Å². The van der Waals surface area contributed by atoms with Gasteiger partial charge in [-0.1, -0.05) is 11.6 Å². The molecule has 0 radical (unpaired) electrons. The zero-order chi connectivity index (χ0) is 23.8. The van der Waals surface area contributed by atoms with Crippen molar-refractivity contribution in [3.05, 3.63) is 76.3 Å². The molecule has 2 amide bonds.